The van der Waals surface area contributed by atoms with Crippen molar-refractivity contribution in [1.82, 2.24) is 9.88 Å². The van der Waals surface area contributed by atoms with Crippen molar-refractivity contribution in [1.29, 1.82) is 0 Å². The van der Waals surface area contributed by atoms with Gasteiger partial charge in [-0.3, -0.25) is 4.90 Å². The summed E-state index contributed by atoms with van der Waals surface area (Å²) >= 11 is 7.74. The molecule has 0 saturated carbocycles. The summed E-state index contributed by atoms with van der Waals surface area (Å²) in [6.07, 6.45) is 3.39. The normalized spacial score (nSPS) is 15.8. The number of hydrogen-bond acceptors (Lipinski definition) is 3. The van der Waals surface area contributed by atoms with Gasteiger partial charge in [0.15, 0.2) is 0 Å². The van der Waals surface area contributed by atoms with E-state index in [9.17, 15) is 0 Å². The van der Waals surface area contributed by atoms with Crippen molar-refractivity contribution in [3.8, 4) is 0 Å². The van der Waals surface area contributed by atoms with Crippen molar-refractivity contribution >= 4 is 38.7 Å². The molecule has 0 aliphatic carbocycles. The summed E-state index contributed by atoms with van der Waals surface area (Å²) in [6.45, 7) is 3.03. The van der Waals surface area contributed by atoms with E-state index in [2.05, 4.69) is 47.4 Å². The third kappa shape index (κ3) is 3.32. The molecule has 0 unspecified atom stereocenters. The first-order valence-electron chi connectivity index (χ1n) is 7.80. The number of aromatic nitrogens is 1. The predicted molar refractivity (Wildman–Crippen MR) is 98.9 cm³/mol. The summed E-state index contributed by atoms with van der Waals surface area (Å²) in [6, 6.07) is 16.5. The van der Waals surface area contributed by atoms with Gasteiger partial charge in [-0.05, 0) is 41.8 Å². The molecule has 2 nitrogen and oxygen atoms in total. The minimum absolute atomic E-state index is 0.797. The molecule has 0 radical (unpaired) electrons. The molecule has 2 heterocycles. The molecule has 23 heavy (non-hydrogen) atoms. The minimum Gasteiger partial charge on any atom is -0.295 e. The lowest BCUT2D eigenvalue weighted by molar-refractivity contribution is 0.294. The smallest absolute Gasteiger partial charge is 0.120 e. The van der Waals surface area contributed by atoms with Crippen LogP contribution in [-0.4, -0.2) is 23.0 Å². The van der Waals surface area contributed by atoms with Gasteiger partial charge in [0.1, 0.15) is 5.01 Å². The number of rotatable bonds is 3. The molecule has 1 aromatic heterocycles. The Kier molecular flexibility index (Phi) is 4.17. The molecule has 0 bridgehead atoms. The second-order valence-corrected chi connectivity index (χ2v) is 7.29. The highest BCUT2D eigenvalue weighted by molar-refractivity contribution is 7.19. The maximum absolute atomic E-state index is 5.95. The SMILES string of the molecule is Clc1ccc(CN2CC=C(c3nc4ccccc4s3)CC2)cc1. The lowest BCUT2D eigenvalue weighted by Gasteiger charge is -2.25. The minimum atomic E-state index is 0.797. The summed E-state index contributed by atoms with van der Waals surface area (Å²) < 4.78 is 1.27. The van der Waals surface area contributed by atoms with Crippen LogP contribution >= 0.6 is 22.9 Å². The highest BCUT2D eigenvalue weighted by atomic mass is 35.5. The van der Waals surface area contributed by atoms with Gasteiger partial charge in [0.05, 0.1) is 10.2 Å². The highest BCUT2D eigenvalue weighted by Gasteiger charge is 2.16. The zero-order chi connectivity index (χ0) is 15.6. The molecule has 2 aromatic carbocycles. The van der Waals surface area contributed by atoms with Crippen molar-refractivity contribution in [2.45, 2.75) is 13.0 Å². The van der Waals surface area contributed by atoms with E-state index in [1.165, 1.54) is 20.8 Å². The first kappa shape index (κ1) is 14.9. The average molecular weight is 341 g/mol. The van der Waals surface area contributed by atoms with Crippen molar-refractivity contribution < 1.29 is 0 Å². The van der Waals surface area contributed by atoms with Crippen LogP contribution in [0, 0.1) is 0 Å². The third-order valence-electron chi connectivity index (χ3n) is 4.18. The zero-order valence-electron chi connectivity index (χ0n) is 12.7. The van der Waals surface area contributed by atoms with Gasteiger partial charge in [-0.2, -0.15) is 0 Å². The number of thiazole rings is 1. The van der Waals surface area contributed by atoms with Gasteiger partial charge in [-0.15, -0.1) is 11.3 Å². The van der Waals surface area contributed by atoms with E-state index < -0.39 is 0 Å². The van der Waals surface area contributed by atoms with E-state index in [1.54, 1.807) is 11.3 Å². The first-order chi connectivity index (χ1) is 11.3. The van der Waals surface area contributed by atoms with Crippen LogP contribution in [0.4, 0.5) is 0 Å². The topological polar surface area (TPSA) is 16.1 Å². The van der Waals surface area contributed by atoms with Crippen LogP contribution in [0.2, 0.25) is 5.02 Å². The van der Waals surface area contributed by atoms with Crippen LogP contribution < -0.4 is 0 Å². The van der Waals surface area contributed by atoms with Gasteiger partial charge in [-0.25, -0.2) is 4.98 Å². The number of fused-ring (bicyclic) bond motifs is 1. The molecule has 3 aromatic rings. The molecule has 4 rings (SSSR count). The molecule has 0 N–H and O–H groups in total. The summed E-state index contributed by atoms with van der Waals surface area (Å²) in [5.74, 6) is 0. The van der Waals surface area contributed by atoms with Crippen molar-refractivity contribution in [2.75, 3.05) is 13.1 Å². The number of para-hydroxylation sites is 1. The summed E-state index contributed by atoms with van der Waals surface area (Å²) in [5, 5.41) is 1.97. The number of halogens is 1. The Bertz CT molecular complexity index is 818. The van der Waals surface area contributed by atoms with Crippen LogP contribution in [0.25, 0.3) is 15.8 Å². The van der Waals surface area contributed by atoms with Crippen molar-refractivity contribution in [3.05, 3.63) is 70.2 Å². The second-order valence-electron chi connectivity index (χ2n) is 5.83. The molecular formula is C19H17ClN2S. The van der Waals surface area contributed by atoms with Gasteiger partial charge in [-0.1, -0.05) is 41.9 Å². The summed E-state index contributed by atoms with van der Waals surface area (Å²) in [4.78, 5) is 7.23. The van der Waals surface area contributed by atoms with Gasteiger partial charge in [0.2, 0.25) is 0 Å². The van der Waals surface area contributed by atoms with Crippen LogP contribution in [0.5, 0.6) is 0 Å². The van der Waals surface area contributed by atoms with E-state index in [0.717, 1.165) is 36.6 Å². The van der Waals surface area contributed by atoms with Crippen molar-refractivity contribution in [2.24, 2.45) is 0 Å². The zero-order valence-corrected chi connectivity index (χ0v) is 14.3. The molecule has 0 atom stereocenters. The largest absolute Gasteiger partial charge is 0.295 e. The van der Waals surface area contributed by atoms with E-state index in [-0.39, 0.29) is 0 Å². The Labute approximate surface area is 145 Å². The lowest BCUT2D eigenvalue weighted by atomic mass is 10.1. The molecule has 0 amide bonds. The van der Waals surface area contributed by atoms with Gasteiger partial charge in [0.25, 0.3) is 0 Å². The molecule has 1 aliphatic heterocycles. The molecule has 1 aliphatic rings. The van der Waals surface area contributed by atoms with E-state index in [0.29, 0.717) is 0 Å². The van der Waals surface area contributed by atoms with Gasteiger partial charge < -0.3 is 0 Å². The fourth-order valence-electron chi connectivity index (χ4n) is 2.91. The Morgan fingerprint density at radius 3 is 2.65 bits per heavy atom. The van der Waals surface area contributed by atoms with Crippen molar-refractivity contribution in [3.63, 3.8) is 0 Å². The van der Waals surface area contributed by atoms with E-state index in [1.807, 2.05) is 12.1 Å². The number of benzene rings is 2. The quantitative estimate of drug-likeness (QED) is 0.648. The first-order valence-corrected chi connectivity index (χ1v) is 8.99. The molecule has 0 saturated heterocycles. The molecule has 4 heteroatoms. The Morgan fingerprint density at radius 2 is 1.91 bits per heavy atom. The molecular weight excluding hydrogens is 324 g/mol. The van der Waals surface area contributed by atoms with Crippen LogP contribution in [0.15, 0.2) is 54.6 Å². The van der Waals surface area contributed by atoms with E-state index >= 15 is 0 Å². The highest BCUT2D eigenvalue weighted by Crippen LogP contribution is 2.30. The Morgan fingerprint density at radius 1 is 1.09 bits per heavy atom. The van der Waals surface area contributed by atoms with Crippen LogP contribution in [-0.2, 0) is 6.54 Å². The predicted octanol–water partition coefficient (Wildman–Crippen LogP) is 5.24. The molecule has 0 spiro atoms. The standard InChI is InChI=1S/C19H17ClN2S/c20-16-7-5-14(6-8-16)13-22-11-9-15(10-12-22)19-21-17-3-1-2-4-18(17)23-19/h1-9H,10-13H2. The third-order valence-corrected chi connectivity index (χ3v) is 5.55. The maximum Gasteiger partial charge on any atom is 0.120 e. The second kappa shape index (κ2) is 6.44. The van der Waals surface area contributed by atoms with Gasteiger partial charge in [0, 0.05) is 24.7 Å². The number of hydrogen-bond donors (Lipinski definition) is 0. The maximum atomic E-state index is 5.95. The van der Waals surface area contributed by atoms with Crippen LogP contribution in [0.3, 0.4) is 0 Å². The Hall–Kier alpha value is -1.68. The molecule has 116 valence electrons. The van der Waals surface area contributed by atoms with E-state index in [4.69, 9.17) is 16.6 Å². The fourth-order valence-corrected chi connectivity index (χ4v) is 4.07. The fraction of sp³-hybridized carbons (Fsp3) is 0.211. The summed E-state index contributed by atoms with van der Waals surface area (Å²) in [5.41, 5.74) is 3.81. The van der Waals surface area contributed by atoms with Gasteiger partial charge >= 0.3 is 0 Å². The summed E-state index contributed by atoms with van der Waals surface area (Å²) in [7, 11) is 0. The molecule has 0 fully saturated rings. The number of nitrogens with zero attached hydrogens (tertiary/aromatic N) is 2. The average Bonchev–Trinajstić information content (AvgIpc) is 3.02. The lowest BCUT2D eigenvalue weighted by Crippen LogP contribution is -2.27. The van der Waals surface area contributed by atoms with Crippen LogP contribution in [0.1, 0.15) is 17.0 Å². The Balaban J connectivity index is 1.47. The monoisotopic (exact) mass is 340 g/mol.